The van der Waals surface area contributed by atoms with Crippen LogP contribution < -0.4 is 22.3 Å². The van der Waals surface area contributed by atoms with Gasteiger partial charge in [0.05, 0.1) is 11.5 Å². The molecule has 0 radical (unpaired) electrons. The van der Waals surface area contributed by atoms with E-state index in [1.807, 2.05) is 30.3 Å². The van der Waals surface area contributed by atoms with E-state index in [4.69, 9.17) is 11.5 Å². The lowest BCUT2D eigenvalue weighted by atomic mass is 9.82. The highest BCUT2D eigenvalue weighted by atomic mass is 16.1. The molecule has 1 atom stereocenters. The Labute approximate surface area is 126 Å². The van der Waals surface area contributed by atoms with Crippen molar-refractivity contribution in [3.8, 4) is 0 Å². The van der Waals surface area contributed by atoms with Crippen LogP contribution in [0.3, 0.4) is 0 Å². The van der Waals surface area contributed by atoms with Gasteiger partial charge in [0.25, 0.3) is 5.56 Å². The molecule has 1 amide bonds. The van der Waals surface area contributed by atoms with Crippen LogP contribution in [0.2, 0.25) is 0 Å². The summed E-state index contributed by atoms with van der Waals surface area (Å²) in [6.45, 7) is 1.72. The number of hydrogen-bond donors (Lipinski definition) is 4. The van der Waals surface area contributed by atoms with Crippen LogP contribution in [0.4, 0.5) is 11.8 Å². The van der Waals surface area contributed by atoms with Crippen LogP contribution in [0, 0.1) is 0 Å². The fraction of sp³-hybridized carbons (Fsp3) is 0.133. The minimum atomic E-state index is -0.583. The van der Waals surface area contributed by atoms with Gasteiger partial charge >= 0.3 is 0 Å². The molecule has 22 heavy (non-hydrogen) atoms. The minimum absolute atomic E-state index is 0.0124. The number of aromatic amines is 1. The highest BCUT2D eigenvalue weighted by Crippen LogP contribution is 2.38. The molecule has 0 bridgehead atoms. The molecule has 1 aromatic carbocycles. The molecule has 7 heteroatoms. The number of nitrogen functional groups attached to an aromatic ring is 1. The maximum absolute atomic E-state index is 12.4. The number of nitrogens with one attached hydrogen (secondary N) is 2. The van der Waals surface area contributed by atoms with Crippen molar-refractivity contribution >= 4 is 17.7 Å². The van der Waals surface area contributed by atoms with Crippen LogP contribution in [0.1, 0.15) is 24.0 Å². The molecule has 1 aliphatic rings. The predicted molar refractivity (Wildman–Crippen MR) is 83.1 cm³/mol. The quantitative estimate of drug-likeness (QED) is 0.648. The number of anilines is 2. The third-order valence-corrected chi connectivity index (χ3v) is 3.66. The van der Waals surface area contributed by atoms with Crippen LogP contribution in [-0.2, 0) is 4.79 Å². The molecule has 0 aliphatic carbocycles. The van der Waals surface area contributed by atoms with Gasteiger partial charge in [-0.1, -0.05) is 30.3 Å². The SMILES string of the molecule is CC1=C(C(N)=O)C(c2ccccc2)c2c(nc(N)[nH]c2=O)N1. The Morgan fingerprint density at radius 1 is 1.27 bits per heavy atom. The summed E-state index contributed by atoms with van der Waals surface area (Å²) in [6.07, 6.45) is 0. The molecule has 0 fully saturated rings. The molecule has 0 saturated carbocycles. The number of aromatic nitrogens is 2. The van der Waals surface area contributed by atoms with Gasteiger partial charge in [-0.25, -0.2) is 0 Å². The predicted octanol–water partition coefficient (Wildman–Crippen LogP) is 0.669. The first kappa shape index (κ1) is 13.9. The number of benzene rings is 1. The van der Waals surface area contributed by atoms with Gasteiger partial charge in [0.2, 0.25) is 11.9 Å². The van der Waals surface area contributed by atoms with Crippen molar-refractivity contribution in [3.05, 3.63) is 63.1 Å². The fourth-order valence-electron chi connectivity index (χ4n) is 2.77. The maximum Gasteiger partial charge on any atom is 0.258 e. The molecular formula is C15H15N5O2. The van der Waals surface area contributed by atoms with Gasteiger partial charge in [-0.05, 0) is 12.5 Å². The summed E-state index contributed by atoms with van der Waals surface area (Å²) in [5.41, 5.74) is 12.8. The van der Waals surface area contributed by atoms with Crippen LogP contribution in [0.5, 0.6) is 0 Å². The average Bonchev–Trinajstić information content (AvgIpc) is 2.45. The summed E-state index contributed by atoms with van der Waals surface area (Å²) in [4.78, 5) is 30.8. The van der Waals surface area contributed by atoms with E-state index in [-0.39, 0.29) is 5.95 Å². The monoisotopic (exact) mass is 297 g/mol. The normalized spacial score (nSPS) is 16.9. The van der Waals surface area contributed by atoms with E-state index in [1.54, 1.807) is 6.92 Å². The molecule has 1 unspecified atom stereocenters. The Hall–Kier alpha value is -3.09. The summed E-state index contributed by atoms with van der Waals surface area (Å²) < 4.78 is 0. The van der Waals surface area contributed by atoms with E-state index >= 15 is 0 Å². The second kappa shape index (κ2) is 5.03. The molecule has 2 heterocycles. The number of nitrogens with zero attached hydrogens (tertiary/aromatic N) is 1. The van der Waals surface area contributed by atoms with Gasteiger partial charge in [0.1, 0.15) is 5.82 Å². The Balaban J connectivity index is 2.33. The number of amides is 1. The molecule has 6 N–H and O–H groups in total. The number of nitrogens with two attached hydrogens (primary N) is 2. The van der Waals surface area contributed by atoms with E-state index in [0.717, 1.165) is 5.56 Å². The number of fused-ring (bicyclic) bond motifs is 1. The third-order valence-electron chi connectivity index (χ3n) is 3.66. The molecule has 3 rings (SSSR count). The van der Waals surface area contributed by atoms with Crippen molar-refractivity contribution in [2.45, 2.75) is 12.8 Å². The van der Waals surface area contributed by atoms with E-state index in [0.29, 0.717) is 22.7 Å². The first-order chi connectivity index (χ1) is 10.5. The number of allylic oxidation sites excluding steroid dienone is 1. The number of carbonyl (C=O) groups is 1. The summed E-state index contributed by atoms with van der Waals surface area (Å²) in [7, 11) is 0. The molecule has 7 nitrogen and oxygen atoms in total. The highest BCUT2D eigenvalue weighted by molar-refractivity contribution is 5.97. The second-order valence-electron chi connectivity index (χ2n) is 5.09. The zero-order valence-electron chi connectivity index (χ0n) is 11.9. The first-order valence-corrected chi connectivity index (χ1v) is 6.71. The Kier molecular flexibility index (Phi) is 3.17. The average molecular weight is 297 g/mol. The molecule has 112 valence electrons. The topological polar surface area (TPSA) is 127 Å². The first-order valence-electron chi connectivity index (χ1n) is 6.71. The Bertz CT molecular complexity index is 839. The summed E-state index contributed by atoms with van der Waals surface area (Å²) in [5, 5.41) is 2.94. The van der Waals surface area contributed by atoms with E-state index < -0.39 is 17.4 Å². The van der Waals surface area contributed by atoms with Gasteiger partial charge in [0.15, 0.2) is 0 Å². The van der Waals surface area contributed by atoms with Crippen molar-refractivity contribution in [1.82, 2.24) is 9.97 Å². The fourth-order valence-corrected chi connectivity index (χ4v) is 2.77. The van der Waals surface area contributed by atoms with Crippen molar-refractivity contribution in [2.24, 2.45) is 5.73 Å². The molecule has 1 aliphatic heterocycles. The lowest BCUT2D eigenvalue weighted by Crippen LogP contribution is -2.33. The van der Waals surface area contributed by atoms with Crippen molar-refractivity contribution in [2.75, 3.05) is 11.1 Å². The summed E-state index contributed by atoms with van der Waals surface area (Å²) in [6, 6.07) is 9.21. The van der Waals surface area contributed by atoms with E-state index in [1.165, 1.54) is 0 Å². The van der Waals surface area contributed by atoms with Crippen molar-refractivity contribution in [3.63, 3.8) is 0 Å². The standard InChI is InChI=1S/C15H15N5O2/c1-7-9(12(16)21)10(8-5-3-2-4-6-8)11-13(18-7)19-15(17)20-14(11)22/h2-6,10H,1H3,(H2,16,21)(H4,17,18,19,20,22). The van der Waals surface area contributed by atoms with Gasteiger partial charge in [-0.2, -0.15) is 4.98 Å². The third kappa shape index (κ3) is 2.12. The lowest BCUT2D eigenvalue weighted by Gasteiger charge is -2.28. The van der Waals surface area contributed by atoms with Crippen LogP contribution in [-0.4, -0.2) is 15.9 Å². The molecule has 0 saturated heterocycles. The highest BCUT2D eigenvalue weighted by Gasteiger charge is 2.34. The summed E-state index contributed by atoms with van der Waals surface area (Å²) >= 11 is 0. The van der Waals surface area contributed by atoms with Crippen LogP contribution in [0.15, 0.2) is 46.4 Å². The van der Waals surface area contributed by atoms with Gasteiger partial charge in [-0.3, -0.25) is 14.6 Å². The Morgan fingerprint density at radius 2 is 1.95 bits per heavy atom. The Morgan fingerprint density at radius 3 is 2.59 bits per heavy atom. The van der Waals surface area contributed by atoms with Gasteiger partial charge in [-0.15, -0.1) is 0 Å². The lowest BCUT2D eigenvalue weighted by molar-refractivity contribution is -0.114. The maximum atomic E-state index is 12.4. The number of rotatable bonds is 2. The number of carbonyl (C=O) groups excluding carboxylic acids is 1. The molecular weight excluding hydrogens is 282 g/mol. The van der Waals surface area contributed by atoms with Crippen LogP contribution in [0.25, 0.3) is 0 Å². The molecule has 0 spiro atoms. The second-order valence-corrected chi connectivity index (χ2v) is 5.09. The minimum Gasteiger partial charge on any atom is -0.369 e. The van der Waals surface area contributed by atoms with Gasteiger partial charge < -0.3 is 16.8 Å². The number of H-pyrrole nitrogens is 1. The largest absolute Gasteiger partial charge is 0.369 e. The number of primary amides is 1. The zero-order chi connectivity index (χ0) is 15.9. The van der Waals surface area contributed by atoms with E-state index in [9.17, 15) is 9.59 Å². The zero-order valence-corrected chi connectivity index (χ0v) is 11.9. The van der Waals surface area contributed by atoms with E-state index in [2.05, 4.69) is 15.3 Å². The van der Waals surface area contributed by atoms with Gasteiger partial charge in [0, 0.05) is 11.3 Å². The number of hydrogen-bond acceptors (Lipinski definition) is 5. The molecule has 1 aromatic heterocycles. The van der Waals surface area contributed by atoms with Crippen molar-refractivity contribution < 1.29 is 4.79 Å². The smallest absolute Gasteiger partial charge is 0.258 e. The molecule has 2 aromatic rings. The summed E-state index contributed by atoms with van der Waals surface area (Å²) in [5.74, 6) is -0.802. The van der Waals surface area contributed by atoms with Crippen LogP contribution >= 0.6 is 0 Å². The van der Waals surface area contributed by atoms with Crippen molar-refractivity contribution in [1.29, 1.82) is 0 Å².